The van der Waals surface area contributed by atoms with E-state index in [0.717, 1.165) is 17.5 Å². The van der Waals surface area contributed by atoms with Crippen LogP contribution in [0.3, 0.4) is 0 Å². The van der Waals surface area contributed by atoms with Gasteiger partial charge in [0.2, 0.25) is 0 Å². The minimum absolute atomic E-state index is 0.210. The van der Waals surface area contributed by atoms with E-state index < -0.39 is 11.8 Å². The van der Waals surface area contributed by atoms with Gasteiger partial charge in [0.15, 0.2) is 18.1 Å². The second-order valence-electron chi connectivity index (χ2n) is 7.41. The van der Waals surface area contributed by atoms with Crippen LogP contribution in [0.25, 0.3) is 0 Å². The summed E-state index contributed by atoms with van der Waals surface area (Å²) >= 11 is 0. The Labute approximate surface area is 177 Å². The zero-order valence-corrected chi connectivity index (χ0v) is 18.2. The summed E-state index contributed by atoms with van der Waals surface area (Å²) in [7, 11) is 1.51. The Bertz CT molecular complexity index is 860. The molecule has 2 N–H and O–H groups in total. The second kappa shape index (κ2) is 11.1. The number of hydrogen-bond donors (Lipinski definition) is 2. The normalized spacial score (nSPS) is 10.5. The van der Waals surface area contributed by atoms with Crippen LogP contribution in [0.2, 0.25) is 0 Å². The molecular weight excluding hydrogens is 384 g/mol. The standard InChI is InChI=1S/C23H30N2O5/c1-15(2)11-12-29-19-10-9-18(13-20(19)28-5)23(27)25-24-21(26)14-30-22-16(3)7-6-8-17(22)4/h6-10,13,15H,11-12,14H2,1-5H3,(H,24,26)(H,25,27). The van der Waals surface area contributed by atoms with Crippen molar-refractivity contribution in [3.05, 3.63) is 53.1 Å². The first kappa shape index (κ1) is 23.1. The van der Waals surface area contributed by atoms with Crippen LogP contribution in [0.1, 0.15) is 41.8 Å². The fraction of sp³-hybridized carbons (Fsp3) is 0.391. The SMILES string of the molecule is COc1cc(C(=O)NNC(=O)COc2c(C)cccc2C)ccc1OCCC(C)C. The van der Waals surface area contributed by atoms with Gasteiger partial charge in [-0.15, -0.1) is 0 Å². The topological polar surface area (TPSA) is 85.9 Å². The molecule has 0 spiro atoms. The first-order chi connectivity index (χ1) is 14.3. The lowest BCUT2D eigenvalue weighted by Crippen LogP contribution is -2.43. The lowest BCUT2D eigenvalue weighted by molar-refractivity contribution is -0.123. The Morgan fingerprint density at radius 3 is 2.30 bits per heavy atom. The smallest absolute Gasteiger partial charge is 0.276 e. The molecule has 7 nitrogen and oxygen atoms in total. The highest BCUT2D eigenvalue weighted by atomic mass is 16.5. The molecule has 0 fully saturated rings. The number of rotatable bonds is 9. The Kier molecular flexibility index (Phi) is 8.53. The van der Waals surface area contributed by atoms with Crippen molar-refractivity contribution in [3.8, 4) is 17.2 Å². The fourth-order valence-corrected chi connectivity index (χ4v) is 2.73. The predicted molar refractivity (Wildman–Crippen MR) is 115 cm³/mol. The van der Waals surface area contributed by atoms with Gasteiger partial charge < -0.3 is 14.2 Å². The van der Waals surface area contributed by atoms with Gasteiger partial charge in [0.1, 0.15) is 5.75 Å². The average Bonchev–Trinajstić information content (AvgIpc) is 2.71. The molecule has 0 saturated heterocycles. The summed E-state index contributed by atoms with van der Waals surface area (Å²) in [5.74, 6) is 1.28. The number of methoxy groups -OCH3 is 1. The number of benzene rings is 2. The molecule has 2 aromatic rings. The van der Waals surface area contributed by atoms with Crippen molar-refractivity contribution >= 4 is 11.8 Å². The molecule has 162 valence electrons. The Morgan fingerprint density at radius 1 is 0.967 bits per heavy atom. The number of carbonyl (C=O) groups excluding carboxylic acids is 2. The molecule has 0 unspecified atom stereocenters. The Hall–Kier alpha value is -3.22. The monoisotopic (exact) mass is 414 g/mol. The minimum atomic E-state index is -0.470. The molecule has 7 heteroatoms. The zero-order chi connectivity index (χ0) is 22.1. The van der Waals surface area contributed by atoms with Gasteiger partial charge >= 0.3 is 0 Å². The predicted octanol–water partition coefficient (Wildman–Crippen LogP) is 3.58. The third kappa shape index (κ3) is 6.69. The van der Waals surface area contributed by atoms with Crippen molar-refractivity contribution in [2.75, 3.05) is 20.3 Å². The first-order valence-corrected chi connectivity index (χ1v) is 9.90. The van der Waals surface area contributed by atoms with Crippen LogP contribution in [0.15, 0.2) is 36.4 Å². The van der Waals surface area contributed by atoms with Gasteiger partial charge in [-0.25, -0.2) is 0 Å². The van der Waals surface area contributed by atoms with Crippen molar-refractivity contribution in [1.29, 1.82) is 0 Å². The molecule has 0 saturated carbocycles. The summed E-state index contributed by atoms with van der Waals surface area (Å²) in [6, 6.07) is 10.6. The molecule has 0 radical (unpaired) electrons. The highest BCUT2D eigenvalue weighted by Crippen LogP contribution is 2.28. The van der Waals surface area contributed by atoms with E-state index in [1.165, 1.54) is 7.11 Å². The van der Waals surface area contributed by atoms with E-state index in [9.17, 15) is 9.59 Å². The molecule has 2 aromatic carbocycles. The van der Waals surface area contributed by atoms with Crippen LogP contribution in [0.4, 0.5) is 0 Å². The quantitative estimate of drug-likeness (QED) is 0.613. The van der Waals surface area contributed by atoms with Crippen molar-refractivity contribution in [3.63, 3.8) is 0 Å². The van der Waals surface area contributed by atoms with Crippen LogP contribution < -0.4 is 25.1 Å². The summed E-state index contributed by atoms with van der Waals surface area (Å²) in [4.78, 5) is 24.4. The first-order valence-electron chi connectivity index (χ1n) is 9.90. The number of ether oxygens (including phenoxy) is 3. The number of para-hydroxylation sites is 1. The fourth-order valence-electron chi connectivity index (χ4n) is 2.73. The molecule has 0 aliphatic carbocycles. The van der Waals surface area contributed by atoms with Crippen molar-refractivity contribution in [2.45, 2.75) is 34.1 Å². The second-order valence-corrected chi connectivity index (χ2v) is 7.41. The maximum absolute atomic E-state index is 12.4. The van der Waals surface area contributed by atoms with E-state index >= 15 is 0 Å². The van der Waals surface area contributed by atoms with Gasteiger partial charge in [-0.3, -0.25) is 20.4 Å². The molecule has 30 heavy (non-hydrogen) atoms. The number of nitrogens with one attached hydrogen (secondary N) is 2. The van der Waals surface area contributed by atoms with Gasteiger partial charge in [0.25, 0.3) is 11.8 Å². The van der Waals surface area contributed by atoms with E-state index in [0.29, 0.717) is 35.3 Å². The average molecular weight is 415 g/mol. The van der Waals surface area contributed by atoms with Gasteiger partial charge in [-0.1, -0.05) is 32.0 Å². The van der Waals surface area contributed by atoms with Crippen molar-refractivity contribution < 1.29 is 23.8 Å². The Balaban J connectivity index is 1.88. The molecule has 0 aliphatic heterocycles. The maximum Gasteiger partial charge on any atom is 0.276 e. The van der Waals surface area contributed by atoms with Crippen LogP contribution in [0.5, 0.6) is 17.2 Å². The van der Waals surface area contributed by atoms with Gasteiger partial charge in [-0.2, -0.15) is 0 Å². The van der Waals surface area contributed by atoms with E-state index in [1.807, 2.05) is 32.0 Å². The summed E-state index contributed by atoms with van der Waals surface area (Å²) in [6.07, 6.45) is 0.918. The highest BCUT2D eigenvalue weighted by Gasteiger charge is 2.13. The number of amides is 2. The summed E-state index contributed by atoms with van der Waals surface area (Å²) < 4.78 is 16.6. The van der Waals surface area contributed by atoms with Gasteiger partial charge in [-0.05, 0) is 55.5 Å². The zero-order valence-electron chi connectivity index (χ0n) is 18.2. The number of hydrogen-bond acceptors (Lipinski definition) is 5. The van der Waals surface area contributed by atoms with Gasteiger partial charge in [0, 0.05) is 5.56 Å². The molecule has 0 bridgehead atoms. The lowest BCUT2D eigenvalue weighted by Gasteiger charge is -2.14. The Morgan fingerprint density at radius 2 is 1.67 bits per heavy atom. The third-order valence-corrected chi connectivity index (χ3v) is 4.45. The molecule has 0 atom stereocenters. The molecule has 0 aromatic heterocycles. The number of hydrazine groups is 1. The maximum atomic E-state index is 12.4. The van der Waals surface area contributed by atoms with Crippen LogP contribution in [0, 0.1) is 19.8 Å². The number of aryl methyl sites for hydroxylation is 2. The lowest BCUT2D eigenvalue weighted by atomic mass is 10.1. The molecule has 2 amide bonds. The van der Waals surface area contributed by atoms with E-state index in [2.05, 4.69) is 24.7 Å². The van der Waals surface area contributed by atoms with Crippen molar-refractivity contribution in [2.24, 2.45) is 5.92 Å². The summed E-state index contributed by atoms with van der Waals surface area (Å²) in [6.45, 7) is 8.41. The highest BCUT2D eigenvalue weighted by molar-refractivity contribution is 5.96. The van der Waals surface area contributed by atoms with Crippen LogP contribution in [-0.2, 0) is 4.79 Å². The van der Waals surface area contributed by atoms with Crippen LogP contribution in [-0.4, -0.2) is 32.1 Å². The van der Waals surface area contributed by atoms with Crippen molar-refractivity contribution in [1.82, 2.24) is 10.9 Å². The van der Waals surface area contributed by atoms with Gasteiger partial charge in [0.05, 0.1) is 13.7 Å². The molecule has 2 rings (SSSR count). The summed E-state index contributed by atoms with van der Waals surface area (Å²) in [5, 5.41) is 0. The molecular formula is C23H30N2O5. The molecule has 0 aliphatic rings. The third-order valence-electron chi connectivity index (χ3n) is 4.45. The largest absolute Gasteiger partial charge is 0.493 e. The molecule has 0 heterocycles. The van der Waals surface area contributed by atoms with E-state index in [1.54, 1.807) is 18.2 Å². The van der Waals surface area contributed by atoms with Crippen LogP contribution >= 0.6 is 0 Å². The van der Waals surface area contributed by atoms with E-state index in [-0.39, 0.29) is 6.61 Å². The van der Waals surface area contributed by atoms with E-state index in [4.69, 9.17) is 14.2 Å². The number of carbonyl (C=O) groups is 2. The minimum Gasteiger partial charge on any atom is -0.493 e. The summed E-state index contributed by atoms with van der Waals surface area (Å²) in [5.41, 5.74) is 6.94.